The van der Waals surface area contributed by atoms with Crippen molar-refractivity contribution in [2.45, 2.75) is 44.7 Å². The molecule has 0 heterocycles. The normalized spacial score (nSPS) is 12.5. The summed E-state index contributed by atoms with van der Waals surface area (Å²) in [5.41, 5.74) is 13.8. The number of hydrogen-bond acceptors (Lipinski definition) is 3. The molecule has 3 N–H and O–H groups in total. The summed E-state index contributed by atoms with van der Waals surface area (Å²) in [5.74, 6) is 0. The Hall–Kier alpha value is -3.15. The van der Waals surface area contributed by atoms with Gasteiger partial charge in [0, 0.05) is 19.5 Å². The van der Waals surface area contributed by atoms with E-state index in [0.29, 0.717) is 0 Å². The zero-order valence-corrected chi connectivity index (χ0v) is 25.8. The van der Waals surface area contributed by atoms with Gasteiger partial charge >= 0.3 is 0 Å². The van der Waals surface area contributed by atoms with Crippen LogP contribution in [0.25, 0.3) is 10.8 Å². The van der Waals surface area contributed by atoms with E-state index in [9.17, 15) is 8.42 Å². The first-order valence-corrected chi connectivity index (χ1v) is 14.5. The first-order chi connectivity index (χ1) is 18.7. The Bertz CT molecular complexity index is 1610. The molecule has 0 unspecified atom stereocenters. The fourth-order valence-corrected chi connectivity index (χ4v) is 5.83. The summed E-state index contributed by atoms with van der Waals surface area (Å²) in [6.45, 7) is 8.62. The van der Waals surface area contributed by atoms with E-state index in [1.54, 1.807) is 12.1 Å². The maximum atomic E-state index is 13.2. The van der Waals surface area contributed by atoms with Crippen LogP contribution < -0.4 is 10.5 Å². The van der Waals surface area contributed by atoms with Gasteiger partial charge in [-0.2, -0.15) is 0 Å². The van der Waals surface area contributed by atoms with Gasteiger partial charge in [-0.3, -0.25) is 0 Å². The Morgan fingerprint density at radius 1 is 0.575 bits per heavy atom. The van der Waals surface area contributed by atoms with E-state index in [0.717, 1.165) is 21.9 Å². The molecule has 0 saturated carbocycles. The third kappa shape index (κ3) is 7.74. The molecule has 0 bridgehead atoms. The van der Waals surface area contributed by atoms with Crippen LogP contribution in [0.2, 0.25) is 0 Å². The van der Waals surface area contributed by atoms with Gasteiger partial charge in [0.2, 0.25) is 10.0 Å². The first kappa shape index (κ1) is 31.4. The Kier molecular flexibility index (Phi) is 11.0. The smallest absolute Gasteiger partial charge is 0.241 e. The van der Waals surface area contributed by atoms with Crippen LogP contribution in [-0.2, 0) is 29.5 Å². The minimum Gasteiger partial charge on any atom is -0.322 e. The van der Waals surface area contributed by atoms with Crippen LogP contribution in [0.3, 0.4) is 0 Å². The minimum absolute atomic E-state index is 0. The predicted octanol–water partition coefficient (Wildman–Crippen LogP) is 7.48. The maximum absolute atomic E-state index is 13.2. The van der Waals surface area contributed by atoms with Gasteiger partial charge in [-0.1, -0.05) is 103 Å². The quantitative estimate of drug-likeness (QED) is 0.190. The number of nitrogens with one attached hydrogen (secondary N) is 1. The van der Waals surface area contributed by atoms with E-state index in [1.165, 1.54) is 22.3 Å². The second-order valence-corrected chi connectivity index (χ2v) is 11.7. The molecule has 0 aliphatic heterocycles. The van der Waals surface area contributed by atoms with Gasteiger partial charge in [0.15, 0.2) is 0 Å². The second-order valence-electron chi connectivity index (χ2n) is 9.98. The van der Waals surface area contributed by atoms with Crippen molar-refractivity contribution in [3.63, 3.8) is 0 Å². The SMILES string of the molecule is Cc1cc(C)c(C)cc1C.N[C@@H](c1ccccc1)[C@@H](NS(=O)(=O)c1ccc2ccccc2c1)c1ccccc1.[Ru]. The molecule has 0 spiro atoms. The van der Waals surface area contributed by atoms with E-state index in [2.05, 4.69) is 44.5 Å². The first-order valence-electron chi connectivity index (χ1n) is 13.1. The van der Waals surface area contributed by atoms with E-state index in [-0.39, 0.29) is 24.4 Å². The number of aryl methyl sites for hydroxylation is 4. The van der Waals surface area contributed by atoms with Gasteiger partial charge in [0.25, 0.3) is 0 Å². The van der Waals surface area contributed by atoms with Crippen LogP contribution >= 0.6 is 0 Å². The molecule has 5 rings (SSSR count). The molecule has 5 aromatic rings. The fraction of sp³-hybridized carbons (Fsp3) is 0.176. The number of hydrogen-bond donors (Lipinski definition) is 2. The Balaban J connectivity index is 0.000000340. The van der Waals surface area contributed by atoms with Gasteiger partial charge < -0.3 is 5.73 Å². The third-order valence-electron chi connectivity index (χ3n) is 7.13. The van der Waals surface area contributed by atoms with Gasteiger partial charge in [0.1, 0.15) is 0 Å². The van der Waals surface area contributed by atoms with Gasteiger partial charge in [-0.15, -0.1) is 0 Å². The Morgan fingerprint density at radius 2 is 1.02 bits per heavy atom. The molecule has 0 aromatic heterocycles. The van der Waals surface area contributed by atoms with Gasteiger partial charge in [-0.25, -0.2) is 13.1 Å². The molecule has 0 fully saturated rings. The number of rotatable bonds is 6. The zero-order valence-electron chi connectivity index (χ0n) is 23.3. The molecule has 0 aliphatic carbocycles. The molecule has 5 aromatic carbocycles. The molecule has 0 aliphatic rings. The zero-order chi connectivity index (χ0) is 28.0. The topological polar surface area (TPSA) is 72.2 Å². The molecule has 0 amide bonds. The van der Waals surface area contributed by atoms with Crippen molar-refractivity contribution >= 4 is 20.8 Å². The molecular formula is C34H36N2O2RuS. The molecule has 2 atom stereocenters. The molecule has 6 heteroatoms. The monoisotopic (exact) mass is 638 g/mol. The number of benzene rings is 5. The van der Waals surface area contributed by atoms with Crippen LogP contribution in [0, 0.1) is 27.7 Å². The average molecular weight is 638 g/mol. The van der Waals surface area contributed by atoms with Gasteiger partial charge in [0.05, 0.1) is 17.0 Å². The standard InChI is InChI=1S/C24H22N2O2S.C10H14.Ru/c25-23(19-10-3-1-4-11-19)24(20-12-5-2-6-13-20)26-29(27,28)22-16-15-18-9-7-8-14-21(18)17-22;1-7-5-9(3)10(4)6-8(7)2;/h1-17,23-24,26H,25H2;5-6H,1-4H3;/t23-,24-;;/m0../s1. The molecule has 208 valence electrons. The number of sulfonamides is 1. The average Bonchev–Trinajstić information content (AvgIpc) is 2.95. The largest absolute Gasteiger partial charge is 0.322 e. The summed E-state index contributed by atoms with van der Waals surface area (Å²) < 4.78 is 29.3. The van der Waals surface area contributed by atoms with Crippen LogP contribution in [0.5, 0.6) is 0 Å². The van der Waals surface area contributed by atoms with Crippen LogP contribution in [0.1, 0.15) is 45.5 Å². The van der Waals surface area contributed by atoms with E-state index >= 15 is 0 Å². The Morgan fingerprint density at radius 3 is 1.55 bits per heavy atom. The minimum atomic E-state index is -3.78. The number of fused-ring (bicyclic) bond motifs is 1. The fourth-order valence-electron chi connectivity index (χ4n) is 4.55. The molecule has 40 heavy (non-hydrogen) atoms. The predicted molar refractivity (Wildman–Crippen MR) is 162 cm³/mol. The van der Waals surface area contributed by atoms with E-state index in [1.807, 2.05) is 91.0 Å². The van der Waals surface area contributed by atoms with Crippen LogP contribution in [-0.4, -0.2) is 8.42 Å². The molecule has 4 nitrogen and oxygen atoms in total. The van der Waals surface area contributed by atoms with Crippen molar-refractivity contribution in [3.8, 4) is 0 Å². The van der Waals surface area contributed by atoms with E-state index < -0.39 is 22.1 Å². The van der Waals surface area contributed by atoms with Crippen molar-refractivity contribution in [1.82, 2.24) is 4.72 Å². The Labute approximate surface area is 251 Å². The summed E-state index contributed by atoms with van der Waals surface area (Å²) in [6, 6.07) is 35.1. The van der Waals surface area contributed by atoms with Crippen LogP contribution in [0.4, 0.5) is 0 Å². The maximum Gasteiger partial charge on any atom is 0.241 e. The van der Waals surface area contributed by atoms with E-state index in [4.69, 9.17) is 5.73 Å². The van der Waals surface area contributed by atoms with Gasteiger partial charge in [-0.05, 0) is 84.0 Å². The summed E-state index contributed by atoms with van der Waals surface area (Å²) in [5, 5.41) is 1.87. The van der Waals surface area contributed by atoms with Crippen molar-refractivity contribution < 1.29 is 27.9 Å². The summed E-state index contributed by atoms with van der Waals surface area (Å²) in [7, 11) is -3.78. The molecule has 0 radical (unpaired) electrons. The summed E-state index contributed by atoms with van der Waals surface area (Å²) >= 11 is 0. The molecule has 0 saturated heterocycles. The number of nitrogens with two attached hydrogens (primary N) is 1. The second kappa shape index (κ2) is 14.0. The van der Waals surface area contributed by atoms with Crippen LogP contribution in [0.15, 0.2) is 120 Å². The summed E-state index contributed by atoms with van der Waals surface area (Å²) in [4.78, 5) is 0.220. The molecular weight excluding hydrogens is 602 g/mol. The van der Waals surface area contributed by atoms with Crippen molar-refractivity contribution in [3.05, 3.63) is 149 Å². The van der Waals surface area contributed by atoms with Crippen molar-refractivity contribution in [2.75, 3.05) is 0 Å². The summed E-state index contributed by atoms with van der Waals surface area (Å²) in [6.07, 6.45) is 0. The van der Waals surface area contributed by atoms with Crippen molar-refractivity contribution in [2.24, 2.45) is 5.73 Å². The third-order valence-corrected chi connectivity index (χ3v) is 8.56. The van der Waals surface area contributed by atoms with Crippen molar-refractivity contribution in [1.29, 1.82) is 0 Å².